The largest absolute Gasteiger partial charge is 0.492 e. The molecule has 2 aromatic carbocycles. The first-order valence-corrected chi connectivity index (χ1v) is 18.3. The van der Waals surface area contributed by atoms with Crippen LogP contribution in [-0.4, -0.2) is 123 Å². The zero-order chi connectivity index (χ0) is 39.9. The lowest BCUT2D eigenvalue weighted by molar-refractivity contribution is -0.132. The maximum atomic E-state index is 13.8. The maximum Gasteiger partial charge on any atom is 0.407 e. The Morgan fingerprint density at radius 3 is 1.89 bits per heavy atom. The standard InChI is InChI=1S/C39H60N6O9/c1-38(2,3)32(41-36(49)51-7)34(47)40-30(24-27-12-10-9-11-13-27)31(46)26-45(43-35(48)33(39(4,5)6)42-37(50)52-8)25-28-14-16-29(17-15-28)54-23-20-44-18-21-53-22-19-44/h9-17,30-33,46H,18-26H2,1-8H3,(H,40,47)(H,41,49)(H,42,50)(H,43,48). The number of carbonyl (C=O) groups excluding carboxylic acids is 4. The van der Waals surface area contributed by atoms with Crippen molar-refractivity contribution in [3.8, 4) is 5.75 Å². The third-order valence-corrected chi connectivity index (χ3v) is 8.99. The number of morpholine rings is 1. The second-order valence-electron chi connectivity index (χ2n) is 15.5. The Morgan fingerprint density at radius 2 is 1.35 bits per heavy atom. The minimum Gasteiger partial charge on any atom is -0.492 e. The number of methoxy groups -OCH3 is 2. The molecule has 0 spiro atoms. The first-order valence-electron chi connectivity index (χ1n) is 18.3. The van der Waals surface area contributed by atoms with Crippen molar-refractivity contribution < 1.29 is 43.2 Å². The van der Waals surface area contributed by atoms with Crippen molar-refractivity contribution in [2.75, 3.05) is 60.2 Å². The SMILES string of the molecule is COC(=O)NC(C(=O)NC(Cc1ccccc1)C(O)CN(Cc1ccc(OCCN2CCOCC2)cc1)NC(=O)C(NC(=O)OC)C(C)(C)C)C(C)(C)C. The zero-order valence-electron chi connectivity index (χ0n) is 33.0. The molecule has 0 saturated carbocycles. The number of hydrogen-bond acceptors (Lipinski definition) is 11. The molecule has 54 heavy (non-hydrogen) atoms. The van der Waals surface area contributed by atoms with E-state index in [1.165, 1.54) is 14.2 Å². The molecular weight excluding hydrogens is 696 g/mol. The molecule has 1 heterocycles. The minimum atomic E-state index is -1.22. The monoisotopic (exact) mass is 756 g/mol. The molecule has 4 atom stereocenters. The van der Waals surface area contributed by atoms with Gasteiger partial charge in [0.2, 0.25) is 5.91 Å². The van der Waals surface area contributed by atoms with E-state index in [1.807, 2.05) is 96.1 Å². The highest BCUT2D eigenvalue weighted by Crippen LogP contribution is 2.22. The van der Waals surface area contributed by atoms with Crippen molar-refractivity contribution in [1.82, 2.24) is 31.3 Å². The first-order chi connectivity index (χ1) is 25.5. The van der Waals surface area contributed by atoms with Crippen LogP contribution in [-0.2, 0) is 36.8 Å². The second kappa shape index (κ2) is 20.9. The Balaban J connectivity index is 1.87. The van der Waals surface area contributed by atoms with E-state index in [0.717, 1.165) is 44.0 Å². The van der Waals surface area contributed by atoms with Crippen molar-refractivity contribution >= 4 is 24.0 Å². The number of aliphatic hydroxyl groups is 1. The summed E-state index contributed by atoms with van der Waals surface area (Å²) in [6.07, 6.45) is -2.50. The minimum absolute atomic E-state index is 0.124. The average molecular weight is 757 g/mol. The third-order valence-electron chi connectivity index (χ3n) is 8.99. The van der Waals surface area contributed by atoms with Gasteiger partial charge in [-0.15, -0.1) is 0 Å². The van der Waals surface area contributed by atoms with Crippen LogP contribution in [0.2, 0.25) is 0 Å². The summed E-state index contributed by atoms with van der Waals surface area (Å²) in [5.74, 6) is -0.345. The lowest BCUT2D eigenvalue weighted by atomic mass is 9.85. The Labute approximate surface area is 319 Å². The van der Waals surface area contributed by atoms with Gasteiger partial charge in [-0.3, -0.25) is 19.9 Å². The summed E-state index contributed by atoms with van der Waals surface area (Å²) in [7, 11) is 2.44. The van der Waals surface area contributed by atoms with Crippen LogP contribution >= 0.6 is 0 Å². The van der Waals surface area contributed by atoms with Crippen molar-refractivity contribution in [1.29, 1.82) is 0 Å². The number of hydrogen-bond donors (Lipinski definition) is 5. The van der Waals surface area contributed by atoms with E-state index in [4.69, 9.17) is 18.9 Å². The molecule has 0 radical (unpaired) electrons. The topological polar surface area (TPSA) is 180 Å². The number of nitrogens with one attached hydrogen (secondary N) is 4. The van der Waals surface area contributed by atoms with Gasteiger partial charge in [0.15, 0.2) is 0 Å². The van der Waals surface area contributed by atoms with Gasteiger partial charge in [-0.1, -0.05) is 84.0 Å². The molecule has 2 aromatic rings. The van der Waals surface area contributed by atoms with Crippen molar-refractivity contribution in [2.45, 2.75) is 78.7 Å². The smallest absolute Gasteiger partial charge is 0.407 e. The van der Waals surface area contributed by atoms with Crippen LogP contribution in [0.15, 0.2) is 54.6 Å². The fraction of sp³-hybridized carbons (Fsp3) is 0.590. The summed E-state index contributed by atoms with van der Waals surface area (Å²) < 4.78 is 21.0. The van der Waals surface area contributed by atoms with Crippen LogP contribution in [0.1, 0.15) is 52.7 Å². The van der Waals surface area contributed by atoms with Gasteiger partial charge in [0.1, 0.15) is 24.4 Å². The fourth-order valence-electron chi connectivity index (χ4n) is 5.87. The summed E-state index contributed by atoms with van der Waals surface area (Å²) in [5, 5.41) is 21.6. The number of ether oxygens (including phenoxy) is 4. The number of aliphatic hydroxyl groups excluding tert-OH is 1. The molecule has 300 valence electrons. The highest BCUT2D eigenvalue weighted by molar-refractivity contribution is 5.87. The number of nitrogens with zero attached hydrogens (tertiary/aromatic N) is 2. The van der Waals surface area contributed by atoms with E-state index in [1.54, 1.807) is 5.01 Å². The molecule has 1 aliphatic heterocycles. The van der Waals surface area contributed by atoms with Gasteiger partial charge in [0.05, 0.1) is 39.6 Å². The zero-order valence-corrected chi connectivity index (χ0v) is 33.0. The van der Waals surface area contributed by atoms with Crippen LogP contribution in [0.5, 0.6) is 5.75 Å². The van der Waals surface area contributed by atoms with Gasteiger partial charge < -0.3 is 40.0 Å². The molecule has 0 aliphatic carbocycles. The summed E-state index contributed by atoms with van der Waals surface area (Å²) in [6, 6.07) is 14.0. The molecular formula is C39H60N6O9. The summed E-state index contributed by atoms with van der Waals surface area (Å²) in [5.41, 5.74) is 3.15. The van der Waals surface area contributed by atoms with Gasteiger partial charge in [-0.2, -0.15) is 0 Å². The van der Waals surface area contributed by atoms with E-state index in [0.29, 0.717) is 12.4 Å². The van der Waals surface area contributed by atoms with E-state index in [9.17, 15) is 24.3 Å². The molecule has 5 N–H and O–H groups in total. The summed E-state index contributed by atoms with van der Waals surface area (Å²) in [4.78, 5) is 54.3. The molecule has 4 unspecified atom stereocenters. The number of benzene rings is 2. The third kappa shape index (κ3) is 14.8. The number of amides is 4. The Kier molecular flexibility index (Phi) is 17.0. The quantitative estimate of drug-likeness (QED) is 0.150. The van der Waals surface area contributed by atoms with Crippen LogP contribution in [0.25, 0.3) is 0 Å². The Morgan fingerprint density at radius 1 is 0.796 bits per heavy atom. The van der Waals surface area contributed by atoms with Crippen molar-refractivity contribution in [3.05, 3.63) is 65.7 Å². The molecule has 4 amide bonds. The molecule has 15 nitrogen and oxygen atoms in total. The van der Waals surface area contributed by atoms with Gasteiger partial charge in [-0.05, 0) is 40.5 Å². The first kappa shape index (κ1) is 44.0. The fourth-order valence-corrected chi connectivity index (χ4v) is 5.87. The van der Waals surface area contributed by atoms with E-state index >= 15 is 0 Å². The lowest BCUT2D eigenvalue weighted by Crippen LogP contribution is -2.60. The molecule has 0 aromatic heterocycles. The van der Waals surface area contributed by atoms with Crippen molar-refractivity contribution in [2.24, 2.45) is 10.8 Å². The maximum absolute atomic E-state index is 13.8. The summed E-state index contributed by atoms with van der Waals surface area (Å²) in [6.45, 7) is 15.4. The predicted molar refractivity (Wildman–Crippen MR) is 203 cm³/mol. The number of alkyl carbamates (subject to hydrolysis) is 2. The Hall–Kier alpha value is -4.44. The van der Waals surface area contributed by atoms with Crippen LogP contribution < -0.4 is 26.1 Å². The average Bonchev–Trinajstić information content (AvgIpc) is 3.12. The molecule has 1 fully saturated rings. The normalized spacial score (nSPS) is 16.0. The second-order valence-corrected chi connectivity index (χ2v) is 15.5. The molecule has 1 aliphatic rings. The van der Waals surface area contributed by atoms with E-state index < -0.39 is 59.1 Å². The molecule has 1 saturated heterocycles. The highest BCUT2D eigenvalue weighted by Gasteiger charge is 2.37. The molecule has 0 bridgehead atoms. The van der Waals surface area contributed by atoms with E-state index in [-0.39, 0.29) is 19.5 Å². The highest BCUT2D eigenvalue weighted by atomic mass is 16.5. The van der Waals surface area contributed by atoms with Gasteiger partial charge in [-0.25, -0.2) is 14.6 Å². The Bertz CT molecular complexity index is 1470. The van der Waals surface area contributed by atoms with Crippen molar-refractivity contribution in [3.63, 3.8) is 0 Å². The van der Waals surface area contributed by atoms with E-state index in [2.05, 4.69) is 26.3 Å². The number of carbonyl (C=O) groups is 4. The number of rotatable bonds is 17. The predicted octanol–water partition coefficient (Wildman–Crippen LogP) is 2.86. The van der Waals surface area contributed by atoms with Gasteiger partial charge >= 0.3 is 12.2 Å². The van der Waals surface area contributed by atoms with Crippen LogP contribution in [0, 0.1) is 10.8 Å². The number of hydrazine groups is 1. The molecule has 15 heteroatoms. The molecule has 3 rings (SSSR count). The van der Waals surface area contributed by atoms with Crippen LogP contribution in [0.4, 0.5) is 9.59 Å². The van der Waals surface area contributed by atoms with Crippen LogP contribution in [0.3, 0.4) is 0 Å². The van der Waals surface area contributed by atoms with Gasteiger partial charge in [0.25, 0.3) is 5.91 Å². The summed E-state index contributed by atoms with van der Waals surface area (Å²) >= 11 is 0. The lowest BCUT2D eigenvalue weighted by Gasteiger charge is -2.35. The van der Waals surface area contributed by atoms with Gasteiger partial charge in [0, 0.05) is 32.7 Å².